The van der Waals surface area contributed by atoms with E-state index in [0.29, 0.717) is 16.1 Å². The van der Waals surface area contributed by atoms with Crippen LogP contribution in [0.5, 0.6) is 11.5 Å². The first-order valence-electron chi connectivity index (χ1n) is 10.3. The summed E-state index contributed by atoms with van der Waals surface area (Å²) in [6.45, 7) is -0.122. The standard InChI is InChI=1S/C24H15BrCl2FNO6S2/c1-34-20-9-13(8-18(25)22(20)35-37(32,33)17-6-3-15(26)4-7-17)10-21-23(30)29(24(31)36-21)12-14-2-5-16(28)11-19(14)27/h2-11H,12H2,1H3/b21-10-. The first-order valence-corrected chi connectivity index (χ1v) is 14.0. The largest absolute Gasteiger partial charge is 0.493 e. The molecular formula is C24H15BrCl2FNO6S2. The van der Waals surface area contributed by atoms with E-state index in [1.165, 1.54) is 61.7 Å². The van der Waals surface area contributed by atoms with Crippen LogP contribution >= 0.6 is 50.9 Å². The average Bonchev–Trinajstić information content (AvgIpc) is 3.09. The third kappa shape index (κ3) is 6.12. The third-order valence-electron chi connectivity index (χ3n) is 5.06. The molecule has 0 unspecified atom stereocenters. The number of thioether (sulfide) groups is 1. The molecule has 2 amide bonds. The highest BCUT2D eigenvalue weighted by Gasteiger charge is 2.35. The van der Waals surface area contributed by atoms with Crippen LogP contribution in [0.4, 0.5) is 9.18 Å². The molecule has 1 fully saturated rings. The summed E-state index contributed by atoms with van der Waals surface area (Å²) in [7, 11) is -2.88. The van der Waals surface area contributed by atoms with Crippen molar-refractivity contribution in [1.29, 1.82) is 0 Å². The van der Waals surface area contributed by atoms with Crippen LogP contribution in [0.1, 0.15) is 11.1 Å². The Morgan fingerprint density at radius 3 is 2.43 bits per heavy atom. The molecule has 3 aromatic carbocycles. The predicted octanol–water partition coefficient (Wildman–Crippen LogP) is 6.91. The Bertz CT molecular complexity index is 1550. The van der Waals surface area contributed by atoms with Crippen molar-refractivity contribution >= 4 is 78.2 Å². The van der Waals surface area contributed by atoms with Crippen LogP contribution in [-0.4, -0.2) is 31.6 Å². The van der Waals surface area contributed by atoms with Crippen LogP contribution in [0.15, 0.2) is 68.9 Å². The monoisotopic (exact) mass is 645 g/mol. The van der Waals surface area contributed by atoms with E-state index in [9.17, 15) is 22.4 Å². The molecule has 0 bridgehead atoms. The van der Waals surface area contributed by atoms with Gasteiger partial charge in [-0.25, -0.2) is 4.39 Å². The molecule has 1 heterocycles. The van der Waals surface area contributed by atoms with Gasteiger partial charge in [-0.1, -0.05) is 29.3 Å². The molecule has 1 aliphatic rings. The molecule has 192 valence electrons. The predicted molar refractivity (Wildman–Crippen MR) is 143 cm³/mol. The van der Waals surface area contributed by atoms with Crippen molar-refractivity contribution in [3.63, 3.8) is 0 Å². The number of hydrogen-bond acceptors (Lipinski definition) is 7. The molecule has 0 atom stereocenters. The summed E-state index contributed by atoms with van der Waals surface area (Å²) in [5.41, 5.74) is 0.852. The molecule has 3 aromatic rings. The Labute approximate surface area is 234 Å². The maximum atomic E-state index is 13.3. The molecule has 0 aliphatic carbocycles. The summed E-state index contributed by atoms with van der Waals surface area (Å²) in [5.74, 6) is -1.13. The SMILES string of the molecule is COc1cc(/C=C2\SC(=O)N(Cc3ccc(F)cc3Cl)C2=O)cc(Br)c1OS(=O)(=O)c1ccc(Cl)cc1. The van der Waals surface area contributed by atoms with Gasteiger partial charge < -0.3 is 8.92 Å². The van der Waals surface area contributed by atoms with Crippen molar-refractivity contribution < 1.29 is 31.3 Å². The van der Waals surface area contributed by atoms with Gasteiger partial charge in [-0.2, -0.15) is 8.42 Å². The van der Waals surface area contributed by atoms with E-state index in [-0.39, 0.29) is 37.3 Å². The second-order valence-electron chi connectivity index (χ2n) is 7.53. The van der Waals surface area contributed by atoms with Gasteiger partial charge >= 0.3 is 10.1 Å². The topological polar surface area (TPSA) is 90.0 Å². The lowest BCUT2D eigenvalue weighted by molar-refractivity contribution is -0.123. The quantitative estimate of drug-likeness (QED) is 0.204. The maximum Gasteiger partial charge on any atom is 0.339 e. The molecule has 7 nitrogen and oxygen atoms in total. The minimum atomic E-state index is -4.21. The Balaban J connectivity index is 1.60. The van der Waals surface area contributed by atoms with Gasteiger partial charge in [0, 0.05) is 10.0 Å². The number of halogens is 4. The van der Waals surface area contributed by atoms with E-state index in [1.54, 1.807) is 0 Å². The van der Waals surface area contributed by atoms with E-state index in [0.717, 1.165) is 22.7 Å². The van der Waals surface area contributed by atoms with Gasteiger partial charge in [-0.05, 0) is 93.4 Å². The molecule has 13 heteroatoms. The number of imide groups is 1. The minimum absolute atomic E-state index is 0.0653. The van der Waals surface area contributed by atoms with Crippen LogP contribution in [0, 0.1) is 5.82 Å². The van der Waals surface area contributed by atoms with Crippen LogP contribution in [-0.2, 0) is 21.5 Å². The second kappa shape index (κ2) is 11.0. The van der Waals surface area contributed by atoms with Crippen LogP contribution < -0.4 is 8.92 Å². The van der Waals surface area contributed by atoms with Crippen LogP contribution in [0.3, 0.4) is 0 Å². The van der Waals surface area contributed by atoms with Gasteiger partial charge in [0.1, 0.15) is 10.7 Å². The minimum Gasteiger partial charge on any atom is -0.493 e. The fraction of sp³-hybridized carbons (Fsp3) is 0.0833. The summed E-state index contributed by atoms with van der Waals surface area (Å²) in [6, 6.07) is 12.1. The molecule has 4 rings (SSSR count). The summed E-state index contributed by atoms with van der Waals surface area (Å²) in [4.78, 5) is 26.4. The molecular weight excluding hydrogens is 632 g/mol. The lowest BCUT2D eigenvalue weighted by Crippen LogP contribution is -2.27. The summed E-state index contributed by atoms with van der Waals surface area (Å²) in [6.07, 6.45) is 1.46. The fourth-order valence-electron chi connectivity index (χ4n) is 3.27. The molecule has 0 spiro atoms. The lowest BCUT2D eigenvalue weighted by Gasteiger charge is -2.14. The zero-order valence-corrected chi connectivity index (χ0v) is 23.4. The molecule has 0 saturated carbocycles. The number of carbonyl (C=O) groups is 2. The molecule has 37 heavy (non-hydrogen) atoms. The van der Waals surface area contributed by atoms with Crippen LogP contribution in [0.2, 0.25) is 10.0 Å². The van der Waals surface area contributed by atoms with Crippen molar-refractivity contribution in [2.45, 2.75) is 11.4 Å². The Morgan fingerprint density at radius 1 is 1.08 bits per heavy atom. The van der Waals surface area contributed by atoms with Crippen molar-refractivity contribution in [1.82, 2.24) is 4.90 Å². The van der Waals surface area contributed by atoms with Gasteiger partial charge in [0.05, 0.1) is 23.0 Å². The summed E-state index contributed by atoms with van der Waals surface area (Å²) < 4.78 is 49.6. The van der Waals surface area contributed by atoms with Crippen molar-refractivity contribution in [3.05, 3.63) is 91.0 Å². The number of amides is 2. The summed E-state index contributed by atoms with van der Waals surface area (Å²) >= 11 is 15.9. The fourth-order valence-corrected chi connectivity index (χ4v) is 6.07. The lowest BCUT2D eigenvalue weighted by atomic mass is 10.1. The van der Waals surface area contributed by atoms with E-state index < -0.39 is 27.1 Å². The van der Waals surface area contributed by atoms with Gasteiger partial charge in [0.25, 0.3) is 11.1 Å². The molecule has 1 saturated heterocycles. The summed E-state index contributed by atoms with van der Waals surface area (Å²) in [5, 5.41) is -0.0511. The molecule has 0 radical (unpaired) electrons. The second-order valence-corrected chi connectivity index (χ2v) is 11.8. The van der Waals surface area contributed by atoms with Crippen molar-refractivity contribution in [2.75, 3.05) is 7.11 Å². The van der Waals surface area contributed by atoms with Gasteiger partial charge in [0.2, 0.25) is 0 Å². The zero-order valence-electron chi connectivity index (χ0n) is 18.7. The number of nitrogens with zero attached hydrogens (tertiary/aromatic N) is 1. The first-order chi connectivity index (χ1) is 17.5. The third-order valence-corrected chi connectivity index (χ3v) is 8.40. The zero-order chi connectivity index (χ0) is 26.9. The normalized spacial score (nSPS) is 14.9. The number of methoxy groups -OCH3 is 1. The van der Waals surface area contributed by atoms with Gasteiger partial charge in [-0.3, -0.25) is 14.5 Å². The Kier molecular flexibility index (Phi) is 8.20. The van der Waals surface area contributed by atoms with Crippen molar-refractivity contribution in [2.24, 2.45) is 0 Å². The number of rotatable bonds is 7. The number of ether oxygens (including phenoxy) is 1. The smallest absolute Gasteiger partial charge is 0.339 e. The van der Waals surface area contributed by atoms with E-state index in [4.69, 9.17) is 32.1 Å². The molecule has 0 N–H and O–H groups in total. The molecule has 0 aromatic heterocycles. The maximum absolute atomic E-state index is 13.3. The van der Waals surface area contributed by atoms with Gasteiger partial charge in [-0.15, -0.1) is 0 Å². The highest BCUT2D eigenvalue weighted by atomic mass is 79.9. The van der Waals surface area contributed by atoms with E-state index in [2.05, 4.69) is 15.9 Å². The molecule has 1 aliphatic heterocycles. The number of hydrogen-bond donors (Lipinski definition) is 0. The Hall–Kier alpha value is -2.57. The van der Waals surface area contributed by atoms with E-state index in [1.807, 2.05) is 0 Å². The highest BCUT2D eigenvalue weighted by molar-refractivity contribution is 9.10. The average molecular weight is 647 g/mol. The van der Waals surface area contributed by atoms with Crippen LogP contribution in [0.25, 0.3) is 6.08 Å². The number of carbonyl (C=O) groups excluding carboxylic acids is 2. The highest BCUT2D eigenvalue weighted by Crippen LogP contribution is 2.41. The number of benzene rings is 3. The van der Waals surface area contributed by atoms with Gasteiger partial charge in [0.15, 0.2) is 11.5 Å². The first kappa shape index (κ1) is 27.5. The van der Waals surface area contributed by atoms with E-state index >= 15 is 0 Å². The van der Waals surface area contributed by atoms with Crippen molar-refractivity contribution in [3.8, 4) is 11.5 Å². The Morgan fingerprint density at radius 2 is 1.78 bits per heavy atom.